The average Bonchev–Trinajstić information content (AvgIpc) is 2.99. The summed E-state index contributed by atoms with van der Waals surface area (Å²) in [7, 11) is 0. The molecule has 5 nitrogen and oxygen atoms in total. The Hall–Kier alpha value is -3.46. The lowest BCUT2D eigenvalue weighted by Gasteiger charge is -2.20. The molecule has 0 atom stereocenters. The molecule has 1 amide bonds. The Morgan fingerprint density at radius 3 is 2.67 bits per heavy atom. The van der Waals surface area contributed by atoms with E-state index in [9.17, 15) is 9.18 Å². The van der Waals surface area contributed by atoms with Gasteiger partial charge >= 0.3 is 0 Å². The number of aromatic amines is 1. The van der Waals surface area contributed by atoms with Crippen molar-refractivity contribution in [3.05, 3.63) is 76.7 Å². The first-order chi connectivity index (χ1) is 13.2. The highest BCUT2D eigenvalue weighted by Gasteiger charge is 2.25. The number of hydrogen-bond donors (Lipinski definition) is 1. The largest absolute Gasteiger partial charge is 0.338 e. The van der Waals surface area contributed by atoms with Gasteiger partial charge < -0.3 is 4.90 Å². The fourth-order valence-corrected chi connectivity index (χ4v) is 3.45. The van der Waals surface area contributed by atoms with Crippen LogP contribution in [0.15, 0.2) is 48.5 Å². The van der Waals surface area contributed by atoms with Crippen molar-refractivity contribution >= 4 is 5.91 Å². The summed E-state index contributed by atoms with van der Waals surface area (Å²) in [4.78, 5) is 14.4. The minimum absolute atomic E-state index is 0.000897. The zero-order valence-electron chi connectivity index (χ0n) is 14.6. The Bertz CT molecular complexity index is 1040. The zero-order valence-corrected chi connectivity index (χ0v) is 14.6. The van der Waals surface area contributed by atoms with Crippen molar-refractivity contribution in [1.82, 2.24) is 15.1 Å². The Kier molecular flexibility index (Phi) is 4.43. The molecule has 3 aromatic rings. The SMILES string of the molecule is N#Cc1ccc(C(=O)N2CCc3[nH]nc(-c4ccccc4)c3CC2)c(F)c1. The van der Waals surface area contributed by atoms with Crippen molar-refractivity contribution < 1.29 is 9.18 Å². The van der Waals surface area contributed by atoms with Crippen molar-refractivity contribution in [1.29, 1.82) is 5.26 Å². The minimum atomic E-state index is -0.659. The summed E-state index contributed by atoms with van der Waals surface area (Å²) in [5.41, 5.74) is 4.27. The van der Waals surface area contributed by atoms with Gasteiger partial charge in [-0.05, 0) is 24.6 Å². The molecule has 2 heterocycles. The van der Waals surface area contributed by atoms with Gasteiger partial charge in [-0.25, -0.2) is 4.39 Å². The maximum atomic E-state index is 14.2. The number of hydrogen-bond acceptors (Lipinski definition) is 3. The van der Waals surface area contributed by atoms with Crippen LogP contribution >= 0.6 is 0 Å². The molecular formula is C21H17FN4O. The van der Waals surface area contributed by atoms with E-state index < -0.39 is 5.82 Å². The number of nitrogens with one attached hydrogen (secondary N) is 1. The van der Waals surface area contributed by atoms with Gasteiger partial charge in [-0.15, -0.1) is 0 Å². The summed E-state index contributed by atoms with van der Waals surface area (Å²) in [6, 6.07) is 15.8. The van der Waals surface area contributed by atoms with Gasteiger partial charge in [-0.2, -0.15) is 10.4 Å². The van der Waals surface area contributed by atoms with Gasteiger partial charge in [0, 0.05) is 36.3 Å². The highest BCUT2D eigenvalue weighted by atomic mass is 19.1. The molecule has 0 bridgehead atoms. The lowest BCUT2D eigenvalue weighted by Crippen LogP contribution is -2.34. The Morgan fingerprint density at radius 2 is 1.93 bits per heavy atom. The Balaban J connectivity index is 1.56. The van der Waals surface area contributed by atoms with Crippen LogP contribution in [0.25, 0.3) is 11.3 Å². The average molecular weight is 360 g/mol. The molecule has 0 radical (unpaired) electrons. The zero-order chi connectivity index (χ0) is 18.8. The summed E-state index contributed by atoms with van der Waals surface area (Å²) in [5.74, 6) is -1.01. The van der Waals surface area contributed by atoms with E-state index in [0.29, 0.717) is 25.9 Å². The molecule has 27 heavy (non-hydrogen) atoms. The highest BCUT2D eigenvalue weighted by Crippen LogP contribution is 2.27. The summed E-state index contributed by atoms with van der Waals surface area (Å²) in [6.07, 6.45) is 1.29. The van der Waals surface area contributed by atoms with Crippen LogP contribution in [0.1, 0.15) is 27.2 Å². The lowest BCUT2D eigenvalue weighted by atomic mass is 10.0. The number of carbonyl (C=O) groups excluding carboxylic acids is 1. The van der Waals surface area contributed by atoms with Crippen LogP contribution in [-0.4, -0.2) is 34.1 Å². The molecule has 1 aromatic heterocycles. The van der Waals surface area contributed by atoms with Gasteiger partial charge in [-0.1, -0.05) is 30.3 Å². The molecule has 1 N–H and O–H groups in total. The van der Waals surface area contributed by atoms with Crippen LogP contribution in [0, 0.1) is 17.1 Å². The quantitative estimate of drug-likeness (QED) is 0.762. The third-order valence-electron chi connectivity index (χ3n) is 4.88. The van der Waals surface area contributed by atoms with Gasteiger partial charge in [0.15, 0.2) is 0 Å². The molecule has 134 valence electrons. The lowest BCUT2D eigenvalue weighted by molar-refractivity contribution is 0.0758. The third kappa shape index (κ3) is 3.20. The molecule has 6 heteroatoms. The van der Waals surface area contributed by atoms with E-state index in [1.807, 2.05) is 36.4 Å². The van der Waals surface area contributed by atoms with Crippen molar-refractivity contribution in [3.8, 4) is 17.3 Å². The van der Waals surface area contributed by atoms with E-state index >= 15 is 0 Å². The minimum Gasteiger partial charge on any atom is -0.338 e. The standard InChI is InChI=1S/C21H17FN4O/c22-18-12-14(13-23)6-7-16(18)21(27)26-10-8-17-19(9-11-26)24-25-20(17)15-4-2-1-3-5-15/h1-7,12H,8-11H2,(H,24,25). The first kappa shape index (κ1) is 17.0. The van der Waals surface area contributed by atoms with Gasteiger partial charge in [0.2, 0.25) is 0 Å². The van der Waals surface area contributed by atoms with Crippen LogP contribution in [0.3, 0.4) is 0 Å². The second kappa shape index (κ2) is 7.04. The second-order valence-corrected chi connectivity index (χ2v) is 6.49. The number of benzene rings is 2. The summed E-state index contributed by atoms with van der Waals surface area (Å²) in [6.45, 7) is 0.979. The van der Waals surface area contributed by atoms with Crippen LogP contribution in [0.4, 0.5) is 4.39 Å². The van der Waals surface area contributed by atoms with Crippen molar-refractivity contribution in [2.75, 3.05) is 13.1 Å². The van der Waals surface area contributed by atoms with Crippen LogP contribution < -0.4 is 0 Å². The number of rotatable bonds is 2. The van der Waals surface area contributed by atoms with Crippen molar-refractivity contribution in [2.24, 2.45) is 0 Å². The molecule has 4 rings (SSSR count). The molecule has 0 spiro atoms. The summed E-state index contributed by atoms with van der Waals surface area (Å²) >= 11 is 0. The first-order valence-electron chi connectivity index (χ1n) is 8.78. The number of nitrogens with zero attached hydrogens (tertiary/aromatic N) is 3. The number of carbonyl (C=O) groups is 1. The van der Waals surface area contributed by atoms with E-state index in [-0.39, 0.29) is 17.0 Å². The van der Waals surface area contributed by atoms with Gasteiger partial charge in [-0.3, -0.25) is 9.89 Å². The van der Waals surface area contributed by atoms with E-state index in [1.165, 1.54) is 12.1 Å². The number of aromatic nitrogens is 2. The molecule has 1 aliphatic rings. The highest BCUT2D eigenvalue weighted by molar-refractivity contribution is 5.94. The number of halogens is 1. The second-order valence-electron chi connectivity index (χ2n) is 6.49. The first-order valence-corrected chi connectivity index (χ1v) is 8.78. The molecule has 0 unspecified atom stereocenters. The number of H-pyrrole nitrogens is 1. The maximum absolute atomic E-state index is 14.2. The molecular weight excluding hydrogens is 343 g/mol. The molecule has 2 aromatic carbocycles. The third-order valence-corrected chi connectivity index (χ3v) is 4.88. The van der Waals surface area contributed by atoms with Crippen LogP contribution in [0.2, 0.25) is 0 Å². The van der Waals surface area contributed by atoms with Crippen LogP contribution in [0.5, 0.6) is 0 Å². The van der Waals surface area contributed by atoms with E-state index in [2.05, 4.69) is 10.2 Å². The molecule has 0 fully saturated rings. The normalized spacial score (nSPS) is 13.6. The summed E-state index contributed by atoms with van der Waals surface area (Å²) < 4.78 is 14.2. The number of nitriles is 1. The summed E-state index contributed by atoms with van der Waals surface area (Å²) in [5, 5.41) is 16.4. The molecule has 0 saturated heterocycles. The Morgan fingerprint density at radius 1 is 1.15 bits per heavy atom. The van der Waals surface area contributed by atoms with Crippen molar-refractivity contribution in [2.45, 2.75) is 12.8 Å². The smallest absolute Gasteiger partial charge is 0.256 e. The van der Waals surface area contributed by atoms with Gasteiger partial charge in [0.1, 0.15) is 5.82 Å². The molecule has 0 saturated carbocycles. The van der Waals surface area contributed by atoms with Crippen LogP contribution in [-0.2, 0) is 12.8 Å². The maximum Gasteiger partial charge on any atom is 0.256 e. The number of amides is 1. The predicted octanol–water partition coefficient (Wildman–Crippen LogP) is 3.33. The predicted molar refractivity (Wildman–Crippen MR) is 98.5 cm³/mol. The van der Waals surface area contributed by atoms with E-state index in [4.69, 9.17) is 5.26 Å². The number of fused-ring (bicyclic) bond motifs is 1. The van der Waals surface area contributed by atoms with E-state index in [0.717, 1.165) is 28.6 Å². The Labute approximate surface area is 156 Å². The molecule has 0 aliphatic carbocycles. The monoisotopic (exact) mass is 360 g/mol. The molecule has 1 aliphatic heterocycles. The van der Waals surface area contributed by atoms with Gasteiger partial charge in [0.05, 0.1) is 22.9 Å². The fraction of sp³-hybridized carbons (Fsp3) is 0.190. The van der Waals surface area contributed by atoms with Gasteiger partial charge in [0.25, 0.3) is 5.91 Å². The topological polar surface area (TPSA) is 72.8 Å². The van der Waals surface area contributed by atoms with E-state index in [1.54, 1.807) is 4.90 Å². The fourth-order valence-electron chi connectivity index (χ4n) is 3.45. The van der Waals surface area contributed by atoms with Crippen molar-refractivity contribution in [3.63, 3.8) is 0 Å².